The van der Waals surface area contributed by atoms with E-state index in [0.29, 0.717) is 13.0 Å². The van der Waals surface area contributed by atoms with E-state index in [9.17, 15) is 9.59 Å². The topological polar surface area (TPSA) is 61.8 Å². The first kappa shape index (κ1) is 60.0. The first-order valence-electron chi connectivity index (χ1n) is 25.7. The second-order valence-corrected chi connectivity index (χ2v) is 16.3. The van der Waals surface area contributed by atoms with E-state index in [2.05, 4.69) is 142 Å². The molecule has 360 valence electrons. The third-order valence-electron chi connectivity index (χ3n) is 10.2. The Kier molecular flexibility index (Phi) is 50.1. The second-order valence-electron chi connectivity index (χ2n) is 16.3. The van der Waals surface area contributed by atoms with Crippen LogP contribution >= 0.6 is 0 Å². The molecule has 1 unspecified atom stereocenters. The van der Waals surface area contributed by atoms with E-state index in [1.165, 1.54) is 70.6 Å². The van der Waals surface area contributed by atoms with Crippen LogP contribution in [0.4, 0.5) is 0 Å². The second kappa shape index (κ2) is 53.4. The molecule has 5 nitrogen and oxygen atoms in total. The molecule has 0 saturated carbocycles. The van der Waals surface area contributed by atoms with Crippen LogP contribution in [0.1, 0.15) is 201 Å². The van der Waals surface area contributed by atoms with Gasteiger partial charge >= 0.3 is 11.9 Å². The molecule has 0 spiro atoms. The summed E-state index contributed by atoms with van der Waals surface area (Å²) in [6.07, 6.45) is 76.4. The van der Waals surface area contributed by atoms with Crippen LogP contribution in [0.3, 0.4) is 0 Å². The zero-order valence-electron chi connectivity index (χ0n) is 41.2. The number of esters is 2. The van der Waals surface area contributed by atoms with Crippen molar-refractivity contribution in [1.29, 1.82) is 0 Å². The summed E-state index contributed by atoms with van der Waals surface area (Å²) >= 11 is 0. The molecule has 0 heterocycles. The van der Waals surface area contributed by atoms with Gasteiger partial charge in [-0.1, -0.05) is 212 Å². The van der Waals surface area contributed by atoms with Gasteiger partial charge in [-0.25, -0.2) is 0 Å². The average molecular weight is 883 g/mol. The molecule has 0 aliphatic carbocycles. The Labute approximate surface area is 394 Å². The number of carbonyl (C=O) groups excluding carboxylic acids is 2. The van der Waals surface area contributed by atoms with Crippen molar-refractivity contribution in [1.82, 2.24) is 0 Å². The van der Waals surface area contributed by atoms with Crippen LogP contribution in [0, 0.1) is 0 Å². The molecule has 0 rings (SSSR count). The summed E-state index contributed by atoms with van der Waals surface area (Å²) in [5.74, 6) is -0.589. The lowest BCUT2D eigenvalue weighted by Crippen LogP contribution is -2.29. The normalized spacial score (nSPS) is 13.4. The average Bonchev–Trinajstić information content (AvgIpc) is 3.30. The molecule has 0 N–H and O–H groups in total. The standard InChI is InChI=1S/C59H94O5/c1-4-7-10-13-16-19-22-25-28-29-30-31-33-34-37-40-43-46-49-52-58(60)63-56-57(55-62-54-51-48-45-42-39-36-27-24-21-18-15-12-9-6-3)64-59(61)53-50-47-44-41-38-35-32-26-23-20-17-14-11-8-5-2/h8-9,11-12,16-21,25-28,32,36,38,41-42,45,47,50,57H,4-7,10,13-15,22-24,29-31,33-35,37,39-40,43-44,46,48-49,51-56H2,1-3H3/b11-8-,12-9-,19-16-,20-17-,21-18-,28-25-,32-26-,36-27-,41-38-,45-42-,50-47-. The Morgan fingerprint density at radius 3 is 1.20 bits per heavy atom. The molecule has 0 fully saturated rings. The molecule has 64 heavy (non-hydrogen) atoms. The number of ether oxygens (including phenoxy) is 3. The van der Waals surface area contributed by atoms with Crippen molar-refractivity contribution in [2.24, 2.45) is 0 Å². The first-order valence-corrected chi connectivity index (χ1v) is 25.7. The van der Waals surface area contributed by atoms with Crippen molar-refractivity contribution >= 4 is 11.9 Å². The van der Waals surface area contributed by atoms with Gasteiger partial charge in [0.25, 0.3) is 0 Å². The van der Waals surface area contributed by atoms with Gasteiger partial charge in [0.2, 0.25) is 0 Å². The van der Waals surface area contributed by atoms with Crippen LogP contribution < -0.4 is 0 Å². The lowest BCUT2D eigenvalue weighted by molar-refractivity contribution is -0.162. The smallest absolute Gasteiger partial charge is 0.310 e. The third kappa shape index (κ3) is 50.7. The highest BCUT2D eigenvalue weighted by Gasteiger charge is 2.17. The molecule has 0 aromatic rings. The lowest BCUT2D eigenvalue weighted by atomic mass is 10.1. The molecule has 0 aromatic carbocycles. The zero-order valence-corrected chi connectivity index (χ0v) is 41.2. The zero-order chi connectivity index (χ0) is 46.3. The molecule has 0 aromatic heterocycles. The summed E-state index contributed by atoms with van der Waals surface area (Å²) in [7, 11) is 0. The maximum atomic E-state index is 12.7. The van der Waals surface area contributed by atoms with Gasteiger partial charge in [-0.15, -0.1) is 0 Å². The summed E-state index contributed by atoms with van der Waals surface area (Å²) in [6, 6.07) is 0. The Bertz CT molecular complexity index is 1370. The number of hydrogen-bond acceptors (Lipinski definition) is 5. The Hall–Kier alpha value is -3.96. The number of rotatable bonds is 45. The quantitative estimate of drug-likeness (QED) is 0.0346. The number of allylic oxidation sites excluding steroid dienone is 21. The van der Waals surface area contributed by atoms with Gasteiger partial charge in [-0.2, -0.15) is 0 Å². The van der Waals surface area contributed by atoms with Crippen molar-refractivity contribution in [3.05, 3.63) is 134 Å². The predicted octanol–water partition coefficient (Wildman–Crippen LogP) is 17.6. The van der Waals surface area contributed by atoms with Gasteiger partial charge in [0.15, 0.2) is 6.10 Å². The Morgan fingerprint density at radius 2 is 0.750 bits per heavy atom. The van der Waals surface area contributed by atoms with Crippen LogP contribution in [0.5, 0.6) is 0 Å². The van der Waals surface area contributed by atoms with Crippen LogP contribution in [-0.2, 0) is 23.8 Å². The first-order chi connectivity index (χ1) is 31.6. The number of unbranched alkanes of at least 4 members (excludes halogenated alkanes) is 13. The SMILES string of the molecule is CC/C=C\C/C=C\C/C=C\C/C=C\C/C=C\CC(=O)OC(COCCC/C=C\C/C=C\C/C=C\C/C=C\CC)COC(=O)CCCCCCCCCCC/C=C\C/C=C\CCCCC. The summed E-state index contributed by atoms with van der Waals surface area (Å²) in [6.45, 7) is 7.31. The molecular weight excluding hydrogens is 789 g/mol. The highest BCUT2D eigenvalue weighted by Crippen LogP contribution is 2.13. The van der Waals surface area contributed by atoms with E-state index in [4.69, 9.17) is 14.2 Å². The van der Waals surface area contributed by atoms with Gasteiger partial charge in [0.05, 0.1) is 13.0 Å². The minimum atomic E-state index is -0.630. The number of carbonyl (C=O) groups is 2. The van der Waals surface area contributed by atoms with E-state index < -0.39 is 6.10 Å². The van der Waals surface area contributed by atoms with Gasteiger partial charge in [0, 0.05) is 13.0 Å². The largest absolute Gasteiger partial charge is 0.462 e. The molecule has 0 amide bonds. The maximum absolute atomic E-state index is 12.7. The van der Waals surface area contributed by atoms with Crippen molar-refractivity contribution in [2.75, 3.05) is 19.8 Å². The van der Waals surface area contributed by atoms with Crippen molar-refractivity contribution in [2.45, 2.75) is 207 Å². The van der Waals surface area contributed by atoms with Crippen LogP contribution in [0.2, 0.25) is 0 Å². The van der Waals surface area contributed by atoms with Crippen molar-refractivity contribution < 1.29 is 23.8 Å². The fraction of sp³-hybridized carbons (Fsp3) is 0.593. The molecule has 0 radical (unpaired) electrons. The minimum absolute atomic E-state index is 0.0130. The summed E-state index contributed by atoms with van der Waals surface area (Å²) < 4.78 is 17.2. The van der Waals surface area contributed by atoms with E-state index in [1.54, 1.807) is 0 Å². The van der Waals surface area contributed by atoms with Crippen molar-refractivity contribution in [3.8, 4) is 0 Å². The van der Waals surface area contributed by atoms with Crippen molar-refractivity contribution in [3.63, 3.8) is 0 Å². The summed E-state index contributed by atoms with van der Waals surface area (Å²) in [5, 5.41) is 0. The predicted molar refractivity (Wildman–Crippen MR) is 278 cm³/mol. The van der Waals surface area contributed by atoms with E-state index in [0.717, 1.165) is 96.3 Å². The molecular formula is C59H94O5. The van der Waals surface area contributed by atoms with Gasteiger partial charge < -0.3 is 14.2 Å². The molecule has 0 saturated heterocycles. The van der Waals surface area contributed by atoms with E-state index in [1.807, 2.05) is 12.2 Å². The lowest BCUT2D eigenvalue weighted by Gasteiger charge is -2.18. The molecule has 0 aliphatic heterocycles. The monoisotopic (exact) mass is 883 g/mol. The summed E-state index contributed by atoms with van der Waals surface area (Å²) in [5.41, 5.74) is 0. The van der Waals surface area contributed by atoms with Crippen LogP contribution in [0.15, 0.2) is 134 Å². The summed E-state index contributed by atoms with van der Waals surface area (Å²) in [4.78, 5) is 25.3. The highest BCUT2D eigenvalue weighted by molar-refractivity contribution is 5.71. The van der Waals surface area contributed by atoms with Gasteiger partial charge in [-0.05, 0) is 109 Å². The van der Waals surface area contributed by atoms with Crippen LogP contribution in [0.25, 0.3) is 0 Å². The van der Waals surface area contributed by atoms with E-state index in [-0.39, 0.29) is 31.6 Å². The third-order valence-corrected chi connectivity index (χ3v) is 10.2. The minimum Gasteiger partial charge on any atom is -0.462 e. The molecule has 0 aliphatic rings. The Morgan fingerprint density at radius 1 is 0.375 bits per heavy atom. The highest BCUT2D eigenvalue weighted by atomic mass is 16.6. The molecule has 1 atom stereocenters. The molecule has 0 bridgehead atoms. The molecule has 5 heteroatoms. The fourth-order valence-corrected chi connectivity index (χ4v) is 6.44. The van der Waals surface area contributed by atoms with Gasteiger partial charge in [0.1, 0.15) is 6.61 Å². The Balaban J connectivity index is 4.46. The van der Waals surface area contributed by atoms with Gasteiger partial charge in [-0.3, -0.25) is 9.59 Å². The fourth-order valence-electron chi connectivity index (χ4n) is 6.44. The van der Waals surface area contributed by atoms with Crippen LogP contribution in [-0.4, -0.2) is 37.9 Å². The maximum Gasteiger partial charge on any atom is 0.310 e. The van der Waals surface area contributed by atoms with E-state index >= 15 is 0 Å². The number of hydrogen-bond donors (Lipinski definition) is 0.